The highest BCUT2D eigenvalue weighted by molar-refractivity contribution is 6.35. The summed E-state index contributed by atoms with van der Waals surface area (Å²) in [4.78, 5) is 14.8. The fraction of sp³-hybridized carbons (Fsp3) is 0.0909. The second-order valence-corrected chi connectivity index (χ2v) is 3.77. The number of esters is 1. The molecular weight excluding hydrogens is 271 g/mol. The molecule has 3 nitrogen and oxygen atoms in total. The van der Waals surface area contributed by atoms with Crippen LogP contribution in [0.4, 0.5) is 13.2 Å². The third-order valence-electron chi connectivity index (χ3n) is 2.27. The first kappa shape index (κ1) is 12.6. The Hall–Kier alpha value is -1.82. The maximum atomic E-state index is 13.5. The van der Waals surface area contributed by atoms with Crippen LogP contribution in [0.2, 0.25) is 5.02 Å². The van der Waals surface area contributed by atoms with Gasteiger partial charge in [0, 0.05) is 6.07 Å². The van der Waals surface area contributed by atoms with Crippen LogP contribution in [0, 0.1) is 17.5 Å². The van der Waals surface area contributed by atoms with E-state index < -0.39 is 34.3 Å². The Bertz CT molecular complexity index is 661. The number of halogens is 4. The molecule has 2 aromatic rings. The Balaban J connectivity index is 2.86. The molecule has 0 saturated carbocycles. The molecule has 0 aliphatic carbocycles. The lowest BCUT2D eigenvalue weighted by atomic mass is 10.1. The lowest BCUT2D eigenvalue weighted by Gasteiger charge is -2.06. The molecule has 0 spiro atoms. The number of aromatic nitrogens is 1. The normalized spacial score (nSPS) is 10.7. The van der Waals surface area contributed by atoms with Crippen LogP contribution in [0.1, 0.15) is 10.5 Å². The Kier molecular flexibility index (Phi) is 3.13. The maximum absolute atomic E-state index is 13.5. The van der Waals surface area contributed by atoms with Gasteiger partial charge in [0.25, 0.3) is 0 Å². The van der Waals surface area contributed by atoms with Gasteiger partial charge in [0.15, 0.2) is 23.1 Å². The van der Waals surface area contributed by atoms with E-state index in [0.29, 0.717) is 6.07 Å². The highest BCUT2D eigenvalue weighted by atomic mass is 35.5. The van der Waals surface area contributed by atoms with Gasteiger partial charge in [0.1, 0.15) is 5.52 Å². The molecule has 0 bridgehead atoms. The van der Waals surface area contributed by atoms with Gasteiger partial charge in [0.2, 0.25) is 0 Å². The summed E-state index contributed by atoms with van der Waals surface area (Å²) in [5.41, 5.74) is -0.818. The lowest BCUT2D eigenvalue weighted by Crippen LogP contribution is -2.06. The van der Waals surface area contributed by atoms with E-state index in [-0.39, 0.29) is 10.7 Å². The van der Waals surface area contributed by atoms with Crippen LogP contribution >= 0.6 is 11.6 Å². The molecule has 2 rings (SSSR count). The van der Waals surface area contributed by atoms with Crippen LogP contribution in [0.3, 0.4) is 0 Å². The molecule has 0 unspecified atom stereocenters. The first-order chi connectivity index (χ1) is 8.45. The van der Waals surface area contributed by atoms with Crippen LogP contribution in [-0.2, 0) is 4.74 Å². The molecule has 1 aromatic carbocycles. The van der Waals surface area contributed by atoms with E-state index >= 15 is 0 Å². The molecule has 0 atom stereocenters. The van der Waals surface area contributed by atoms with Gasteiger partial charge < -0.3 is 4.74 Å². The Labute approximate surface area is 104 Å². The average molecular weight is 276 g/mol. The standard InChI is InChI=1S/C11H5ClF3NO2/c1-18-11(17)7-2-4(12)8-9(15)5(13)3-6(14)10(8)16-7/h2-3H,1H3. The van der Waals surface area contributed by atoms with Crippen LogP contribution in [0.15, 0.2) is 12.1 Å². The van der Waals surface area contributed by atoms with E-state index in [4.69, 9.17) is 11.6 Å². The number of ether oxygens (including phenoxy) is 1. The van der Waals surface area contributed by atoms with E-state index in [1.165, 1.54) is 0 Å². The van der Waals surface area contributed by atoms with Crippen molar-refractivity contribution in [2.24, 2.45) is 0 Å². The van der Waals surface area contributed by atoms with Crippen molar-refractivity contribution in [3.63, 3.8) is 0 Å². The van der Waals surface area contributed by atoms with Crippen molar-refractivity contribution in [3.8, 4) is 0 Å². The number of hydrogen-bond donors (Lipinski definition) is 0. The Morgan fingerprint density at radius 3 is 2.56 bits per heavy atom. The molecule has 0 aliphatic rings. The van der Waals surface area contributed by atoms with E-state index in [0.717, 1.165) is 13.2 Å². The summed E-state index contributed by atoms with van der Waals surface area (Å²) in [5, 5.41) is -0.835. The molecule has 1 aromatic heterocycles. The molecule has 7 heteroatoms. The van der Waals surface area contributed by atoms with Gasteiger partial charge in [0.05, 0.1) is 17.5 Å². The van der Waals surface area contributed by atoms with Crippen molar-refractivity contribution in [3.05, 3.63) is 40.3 Å². The van der Waals surface area contributed by atoms with E-state index in [9.17, 15) is 18.0 Å². The van der Waals surface area contributed by atoms with Gasteiger partial charge in [-0.05, 0) is 6.07 Å². The molecular formula is C11H5ClF3NO2. The van der Waals surface area contributed by atoms with Gasteiger partial charge in [-0.15, -0.1) is 0 Å². The molecule has 0 saturated heterocycles. The van der Waals surface area contributed by atoms with Crippen LogP contribution in [-0.4, -0.2) is 18.1 Å². The minimum absolute atomic E-state index is 0.292. The SMILES string of the molecule is COC(=O)c1cc(Cl)c2c(F)c(F)cc(F)c2n1. The van der Waals surface area contributed by atoms with Gasteiger partial charge >= 0.3 is 5.97 Å². The third-order valence-corrected chi connectivity index (χ3v) is 2.57. The molecule has 0 radical (unpaired) electrons. The van der Waals surface area contributed by atoms with E-state index in [2.05, 4.69) is 9.72 Å². The summed E-state index contributed by atoms with van der Waals surface area (Å²) in [6.45, 7) is 0. The van der Waals surface area contributed by atoms with Gasteiger partial charge in [-0.1, -0.05) is 11.6 Å². The quantitative estimate of drug-likeness (QED) is 0.593. The van der Waals surface area contributed by atoms with E-state index in [1.54, 1.807) is 0 Å². The van der Waals surface area contributed by atoms with Gasteiger partial charge in [-0.2, -0.15) is 0 Å². The summed E-state index contributed by atoms with van der Waals surface area (Å²) in [5.74, 6) is -4.67. The highest BCUT2D eigenvalue weighted by Gasteiger charge is 2.19. The van der Waals surface area contributed by atoms with Crippen LogP contribution in [0.25, 0.3) is 10.9 Å². The summed E-state index contributed by atoms with van der Waals surface area (Å²) in [6, 6.07) is 1.32. The highest BCUT2D eigenvalue weighted by Crippen LogP contribution is 2.29. The second-order valence-electron chi connectivity index (χ2n) is 3.36. The molecule has 0 fully saturated rings. The van der Waals surface area contributed by atoms with Crippen LogP contribution in [0.5, 0.6) is 0 Å². The van der Waals surface area contributed by atoms with Crippen molar-refractivity contribution in [2.75, 3.05) is 7.11 Å². The number of carbonyl (C=O) groups excluding carboxylic acids is 1. The summed E-state index contributed by atoms with van der Waals surface area (Å²) in [7, 11) is 1.10. The number of pyridine rings is 1. The summed E-state index contributed by atoms with van der Waals surface area (Å²) in [6.07, 6.45) is 0. The molecule has 0 aliphatic heterocycles. The number of methoxy groups -OCH3 is 1. The largest absolute Gasteiger partial charge is 0.464 e. The molecule has 18 heavy (non-hydrogen) atoms. The van der Waals surface area contributed by atoms with Crippen molar-refractivity contribution >= 4 is 28.5 Å². The lowest BCUT2D eigenvalue weighted by molar-refractivity contribution is 0.0594. The topological polar surface area (TPSA) is 39.2 Å². The zero-order valence-electron chi connectivity index (χ0n) is 8.93. The minimum Gasteiger partial charge on any atom is -0.464 e. The number of nitrogens with zero attached hydrogens (tertiary/aromatic N) is 1. The Morgan fingerprint density at radius 1 is 1.28 bits per heavy atom. The summed E-state index contributed by atoms with van der Waals surface area (Å²) >= 11 is 5.69. The van der Waals surface area contributed by atoms with Gasteiger partial charge in [-0.25, -0.2) is 22.9 Å². The van der Waals surface area contributed by atoms with Gasteiger partial charge in [-0.3, -0.25) is 0 Å². The third kappa shape index (κ3) is 1.88. The first-order valence-corrected chi connectivity index (χ1v) is 5.05. The predicted octanol–water partition coefficient (Wildman–Crippen LogP) is 3.09. The smallest absolute Gasteiger partial charge is 0.356 e. The zero-order valence-corrected chi connectivity index (χ0v) is 9.69. The fourth-order valence-corrected chi connectivity index (χ4v) is 1.74. The Morgan fingerprint density at radius 2 is 1.94 bits per heavy atom. The number of fused-ring (bicyclic) bond motifs is 1. The van der Waals surface area contributed by atoms with Crippen molar-refractivity contribution in [2.45, 2.75) is 0 Å². The molecule has 0 amide bonds. The zero-order chi connectivity index (χ0) is 13.4. The molecule has 1 heterocycles. The minimum atomic E-state index is -1.38. The number of rotatable bonds is 1. The summed E-state index contributed by atoms with van der Waals surface area (Å²) < 4.78 is 44.4. The first-order valence-electron chi connectivity index (χ1n) is 4.67. The maximum Gasteiger partial charge on any atom is 0.356 e. The fourth-order valence-electron chi connectivity index (χ4n) is 1.47. The molecule has 94 valence electrons. The number of hydrogen-bond acceptors (Lipinski definition) is 3. The van der Waals surface area contributed by atoms with Crippen LogP contribution < -0.4 is 0 Å². The van der Waals surface area contributed by atoms with E-state index in [1.807, 2.05) is 0 Å². The number of benzene rings is 1. The second kappa shape index (κ2) is 4.45. The molecule has 0 N–H and O–H groups in total. The average Bonchev–Trinajstić information content (AvgIpc) is 2.34. The monoisotopic (exact) mass is 275 g/mol. The van der Waals surface area contributed by atoms with Crippen molar-refractivity contribution in [1.29, 1.82) is 0 Å². The number of carbonyl (C=O) groups is 1. The van der Waals surface area contributed by atoms with Crippen molar-refractivity contribution in [1.82, 2.24) is 4.98 Å². The van der Waals surface area contributed by atoms with Crippen molar-refractivity contribution < 1.29 is 22.7 Å². The predicted molar refractivity (Wildman–Crippen MR) is 58.0 cm³/mol.